The van der Waals surface area contributed by atoms with Crippen LogP contribution in [0.25, 0.3) is 10.8 Å². The first-order chi connectivity index (χ1) is 14.1. The van der Waals surface area contributed by atoms with E-state index in [9.17, 15) is 9.90 Å². The van der Waals surface area contributed by atoms with Crippen LogP contribution in [0.1, 0.15) is 29.0 Å². The summed E-state index contributed by atoms with van der Waals surface area (Å²) in [7, 11) is 0. The first-order valence-corrected chi connectivity index (χ1v) is 10.00. The minimum Gasteiger partial charge on any atom is -0.465 e. The van der Waals surface area contributed by atoms with E-state index in [4.69, 9.17) is 10.5 Å². The Kier molecular flexibility index (Phi) is 5.79. The molecule has 2 atom stereocenters. The van der Waals surface area contributed by atoms with E-state index in [0.29, 0.717) is 26.2 Å². The minimum absolute atomic E-state index is 0.165. The minimum atomic E-state index is -0.888. The highest BCUT2D eigenvalue weighted by Gasteiger charge is 2.33. The zero-order valence-electron chi connectivity index (χ0n) is 16.3. The second-order valence-corrected chi connectivity index (χ2v) is 7.60. The largest absolute Gasteiger partial charge is 0.465 e. The molecule has 1 aliphatic rings. The van der Waals surface area contributed by atoms with Crippen molar-refractivity contribution in [3.8, 4) is 0 Å². The molecule has 29 heavy (non-hydrogen) atoms. The molecule has 0 radical (unpaired) electrons. The van der Waals surface area contributed by atoms with Crippen LogP contribution >= 0.6 is 0 Å². The molecule has 1 amide bonds. The third-order valence-electron chi connectivity index (χ3n) is 5.75. The number of hydrogen-bond acceptors (Lipinski definition) is 3. The van der Waals surface area contributed by atoms with Gasteiger partial charge in [-0.2, -0.15) is 0 Å². The Morgan fingerprint density at radius 3 is 2.48 bits per heavy atom. The molecule has 0 saturated carbocycles. The van der Waals surface area contributed by atoms with Gasteiger partial charge in [0.2, 0.25) is 0 Å². The van der Waals surface area contributed by atoms with E-state index in [1.54, 1.807) is 0 Å². The molecule has 3 N–H and O–H groups in total. The van der Waals surface area contributed by atoms with E-state index in [2.05, 4.69) is 42.5 Å². The van der Waals surface area contributed by atoms with Crippen molar-refractivity contribution < 1.29 is 14.6 Å². The average molecular weight is 390 g/mol. The van der Waals surface area contributed by atoms with Gasteiger partial charge in [-0.15, -0.1) is 0 Å². The van der Waals surface area contributed by atoms with Gasteiger partial charge in [-0.05, 0) is 39.9 Å². The standard InChI is InChI=1S/C24H26N2O3/c25-14-17-5-9-20(10-6-17)22-11-12-26(24(27)28)15-23(22)29-16-18-7-8-19-3-1-2-4-21(19)13-18/h1-10,13,22-23H,11-12,14-16,25H2,(H,27,28). The van der Waals surface area contributed by atoms with Crippen LogP contribution in [-0.4, -0.2) is 35.3 Å². The molecule has 3 aromatic rings. The third-order valence-corrected chi connectivity index (χ3v) is 5.75. The van der Waals surface area contributed by atoms with Crippen LogP contribution in [0, 0.1) is 0 Å². The van der Waals surface area contributed by atoms with Crippen LogP contribution in [0.2, 0.25) is 0 Å². The summed E-state index contributed by atoms with van der Waals surface area (Å²) in [4.78, 5) is 13.0. The van der Waals surface area contributed by atoms with Crippen molar-refractivity contribution in [2.45, 2.75) is 31.6 Å². The van der Waals surface area contributed by atoms with Gasteiger partial charge < -0.3 is 20.5 Å². The molecule has 5 heteroatoms. The summed E-state index contributed by atoms with van der Waals surface area (Å²) in [5.41, 5.74) is 9.07. The molecule has 0 aliphatic carbocycles. The molecular weight excluding hydrogens is 364 g/mol. The first kappa shape index (κ1) is 19.4. The van der Waals surface area contributed by atoms with Crippen LogP contribution in [0.15, 0.2) is 66.7 Å². The predicted molar refractivity (Wildman–Crippen MR) is 114 cm³/mol. The molecule has 1 heterocycles. The van der Waals surface area contributed by atoms with Gasteiger partial charge in [0.25, 0.3) is 0 Å². The molecule has 4 rings (SSSR count). The van der Waals surface area contributed by atoms with E-state index in [1.807, 2.05) is 24.3 Å². The van der Waals surface area contributed by atoms with E-state index in [1.165, 1.54) is 21.2 Å². The van der Waals surface area contributed by atoms with Gasteiger partial charge in [0.15, 0.2) is 0 Å². The smallest absolute Gasteiger partial charge is 0.407 e. The van der Waals surface area contributed by atoms with Gasteiger partial charge in [-0.25, -0.2) is 4.79 Å². The number of nitrogens with zero attached hydrogens (tertiary/aromatic N) is 1. The SMILES string of the molecule is NCc1ccc(C2CCN(C(=O)O)CC2OCc2ccc3ccccc3c2)cc1. The fourth-order valence-corrected chi connectivity index (χ4v) is 4.07. The second-order valence-electron chi connectivity index (χ2n) is 7.60. The molecular formula is C24H26N2O3. The zero-order valence-corrected chi connectivity index (χ0v) is 16.3. The van der Waals surface area contributed by atoms with Crippen molar-refractivity contribution in [2.24, 2.45) is 5.73 Å². The quantitative estimate of drug-likeness (QED) is 0.679. The van der Waals surface area contributed by atoms with E-state index >= 15 is 0 Å². The van der Waals surface area contributed by atoms with Crippen LogP contribution < -0.4 is 5.73 Å². The normalized spacial score (nSPS) is 19.4. The number of piperidine rings is 1. The molecule has 3 aromatic carbocycles. The maximum Gasteiger partial charge on any atom is 0.407 e. The molecule has 5 nitrogen and oxygen atoms in total. The maximum absolute atomic E-state index is 11.5. The number of hydrogen-bond donors (Lipinski definition) is 2. The maximum atomic E-state index is 11.5. The van der Waals surface area contributed by atoms with Crippen molar-refractivity contribution in [3.63, 3.8) is 0 Å². The number of carbonyl (C=O) groups is 1. The van der Waals surface area contributed by atoms with Gasteiger partial charge in [0.05, 0.1) is 19.3 Å². The summed E-state index contributed by atoms with van der Waals surface area (Å²) in [5.74, 6) is 0.165. The van der Waals surface area contributed by atoms with Crippen LogP contribution in [-0.2, 0) is 17.9 Å². The molecule has 0 spiro atoms. The number of fused-ring (bicyclic) bond motifs is 1. The summed E-state index contributed by atoms with van der Waals surface area (Å²) in [6.07, 6.45) is -0.326. The lowest BCUT2D eigenvalue weighted by atomic mass is 9.86. The van der Waals surface area contributed by atoms with Crippen molar-refractivity contribution in [3.05, 3.63) is 83.4 Å². The van der Waals surface area contributed by atoms with E-state index < -0.39 is 6.09 Å². The molecule has 150 valence electrons. The third kappa shape index (κ3) is 4.42. The number of likely N-dealkylation sites (tertiary alicyclic amines) is 1. The Hall–Kier alpha value is -2.89. The molecule has 1 aliphatic heterocycles. The second kappa shape index (κ2) is 8.64. The molecule has 0 aromatic heterocycles. The summed E-state index contributed by atoms with van der Waals surface area (Å²) in [5, 5.41) is 11.8. The number of ether oxygens (including phenoxy) is 1. The lowest BCUT2D eigenvalue weighted by Crippen LogP contribution is -2.46. The van der Waals surface area contributed by atoms with E-state index in [0.717, 1.165) is 17.5 Å². The van der Waals surface area contributed by atoms with Crippen molar-refractivity contribution in [2.75, 3.05) is 13.1 Å². The van der Waals surface area contributed by atoms with Crippen LogP contribution in [0.4, 0.5) is 4.79 Å². The Labute approximate surface area is 170 Å². The van der Waals surface area contributed by atoms with Gasteiger partial charge in [0.1, 0.15) is 0 Å². The highest BCUT2D eigenvalue weighted by atomic mass is 16.5. The number of carboxylic acid groups (broad SMARTS) is 1. The van der Waals surface area contributed by atoms with Gasteiger partial charge in [0, 0.05) is 19.0 Å². The Bertz CT molecular complexity index is 987. The Morgan fingerprint density at radius 2 is 1.76 bits per heavy atom. The molecule has 0 bridgehead atoms. The van der Waals surface area contributed by atoms with Gasteiger partial charge in [-0.1, -0.05) is 60.7 Å². The first-order valence-electron chi connectivity index (χ1n) is 10.00. The predicted octanol–water partition coefficient (Wildman–Crippen LogP) is 4.35. The fraction of sp³-hybridized carbons (Fsp3) is 0.292. The van der Waals surface area contributed by atoms with Gasteiger partial charge >= 0.3 is 6.09 Å². The summed E-state index contributed by atoms with van der Waals surface area (Å²) >= 11 is 0. The number of rotatable bonds is 5. The molecule has 2 unspecified atom stereocenters. The van der Waals surface area contributed by atoms with Gasteiger partial charge in [-0.3, -0.25) is 0 Å². The van der Waals surface area contributed by atoms with E-state index in [-0.39, 0.29) is 12.0 Å². The fourth-order valence-electron chi connectivity index (χ4n) is 4.07. The summed E-state index contributed by atoms with van der Waals surface area (Å²) in [6, 6.07) is 22.8. The summed E-state index contributed by atoms with van der Waals surface area (Å²) < 4.78 is 6.29. The van der Waals surface area contributed by atoms with Crippen molar-refractivity contribution in [1.82, 2.24) is 4.90 Å². The van der Waals surface area contributed by atoms with Crippen LogP contribution in [0.3, 0.4) is 0 Å². The summed E-state index contributed by atoms with van der Waals surface area (Å²) in [6.45, 7) is 1.88. The number of nitrogens with two attached hydrogens (primary N) is 1. The number of benzene rings is 3. The van der Waals surface area contributed by atoms with Crippen LogP contribution in [0.5, 0.6) is 0 Å². The highest BCUT2D eigenvalue weighted by Crippen LogP contribution is 2.31. The lowest BCUT2D eigenvalue weighted by molar-refractivity contribution is -0.0199. The monoisotopic (exact) mass is 390 g/mol. The molecule has 1 saturated heterocycles. The highest BCUT2D eigenvalue weighted by molar-refractivity contribution is 5.82. The van der Waals surface area contributed by atoms with Crippen molar-refractivity contribution in [1.29, 1.82) is 0 Å². The molecule has 1 fully saturated rings. The average Bonchev–Trinajstić information content (AvgIpc) is 2.77. The number of amides is 1. The van der Waals surface area contributed by atoms with Crippen molar-refractivity contribution >= 4 is 16.9 Å². The zero-order chi connectivity index (χ0) is 20.2. The Morgan fingerprint density at radius 1 is 1.03 bits per heavy atom. The Balaban J connectivity index is 1.52. The topological polar surface area (TPSA) is 75.8 Å². The lowest BCUT2D eigenvalue weighted by Gasteiger charge is -2.37.